The molecule has 6 aromatic rings. The molecule has 0 atom stereocenters. The van der Waals surface area contributed by atoms with Gasteiger partial charge in [-0.15, -0.1) is 68.3 Å². The van der Waals surface area contributed by atoms with E-state index in [-0.39, 0.29) is 40.7 Å². The summed E-state index contributed by atoms with van der Waals surface area (Å²) < 4.78 is 0. The van der Waals surface area contributed by atoms with Crippen molar-refractivity contribution in [3.63, 3.8) is 0 Å². The van der Waals surface area contributed by atoms with E-state index in [0.29, 0.717) is 0 Å². The molecule has 0 saturated heterocycles. The Labute approximate surface area is 361 Å². The van der Waals surface area contributed by atoms with E-state index in [2.05, 4.69) is 189 Å². The predicted molar refractivity (Wildman–Crippen MR) is 265 cm³/mol. The van der Waals surface area contributed by atoms with Crippen molar-refractivity contribution in [2.24, 2.45) is 0 Å². The van der Waals surface area contributed by atoms with Gasteiger partial charge in [0.25, 0.3) is 0 Å². The van der Waals surface area contributed by atoms with Gasteiger partial charge in [0.2, 0.25) is 0 Å². The SMILES string of the molecule is CCCC[Si](C)(c1cc2c(-c3cc([Si](C)(C)C)cc([Si](C)(C)C)c3)cccc2[cH-]1)c1cc2c(-c3cc([Si](C)(C)C)cc([Si](C)(C)C)c3)cccc2[cH-]1.[CH3-].[CH3-].[Hf+4]. The molecule has 0 aliphatic heterocycles. The first kappa shape index (κ1) is 47.4. The molecule has 6 aromatic carbocycles. The van der Waals surface area contributed by atoms with Gasteiger partial charge < -0.3 is 14.9 Å². The van der Waals surface area contributed by atoms with Gasteiger partial charge in [-0.1, -0.05) is 191 Å². The van der Waals surface area contributed by atoms with Crippen LogP contribution in [0.4, 0.5) is 0 Å². The molecule has 0 spiro atoms. The molecule has 0 bridgehead atoms. The van der Waals surface area contributed by atoms with E-state index in [4.69, 9.17) is 0 Å². The zero-order valence-electron chi connectivity index (χ0n) is 37.4. The quantitative estimate of drug-likeness (QED) is 0.0896. The normalized spacial score (nSPS) is 12.7. The number of hydrogen-bond acceptors (Lipinski definition) is 0. The van der Waals surface area contributed by atoms with Crippen LogP contribution in [0.15, 0.2) is 97.1 Å². The Morgan fingerprint density at radius 3 is 1.07 bits per heavy atom. The van der Waals surface area contributed by atoms with Crippen LogP contribution in [0.5, 0.6) is 0 Å². The Balaban J connectivity index is 0.00000271. The second-order valence-electron chi connectivity index (χ2n) is 20.1. The molecule has 0 unspecified atom stereocenters. The third kappa shape index (κ3) is 9.85. The van der Waals surface area contributed by atoms with Crippen molar-refractivity contribution in [1.29, 1.82) is 0 Å². The number of benzene rings is 4. The van der Waals surface area contributed by atoms with Crippen LogP contribution >= 0.6 is 0 Å². The molecule has 0 aliphatic rings. The van der Waals surface area contributed by atoms with Gasteiger partial charge in [0.15, 0.2) is 0 Å². The van der Waals surface area contributed by atoms with Gasteiger partial charge >= 0.3 is 25.8 Å². The van der Waals surface area contributed by atoms with Crippen LogP contribution in [0.25, 0.3) is 43.8 Å². The second kappa shape index (κ2) is 17.1. The molecule has 55 heavy (non-hydrogen) atoms. The fourth-order valence-electron chi connectivity index (χ4n) is 7.89. The molecule has 0 fully saturated rings. The molecule has 0 aromatic heterocycles. The van der Waals surface area contributed by atoms with Crippen molar-refractivity contribution in [3.05, 3.63) is 112 Å². The van der Waals surface area contributed by atoms with Gasteiger partial charge in [-0.2, -0.15) is 12.1 Å². The zero-order chi connectivity index (χ0) is 38.0. The Morgan fingerprint density at radius 1 is 0.455 bits per heavy atom. The minimum absolute atomic E-state index is 0. The second-order valence-corrected chi connectivity index (χ2v) is 44.8. The molecular weight excluding hydrogens is 907 g/mol. The Kier molecular flexibility index (Phi) is 14.8. The molecule has 290 valence electrons. The summed E-state index contributed by atoms with van der Waals surface area (Å²) in [6.45, 7) is 35.0. The first-order valence-electron chi connectivity index (χ1n) is 19.8. The largest absolute Gasteiger partial charge is 4.00 e. The first-order chi connectivity index (χ1) is 24.1. The van der Waals surface area contributed by atoms with Gasteiger partial charge in [-0.3, -0.25) is 0 Å². The Morgan fingerprint density at radius 2 is 0.782 bits per heavy atom. The van der Waals surface area contributed by atoms with Gasteiger partial charge in [-0.25, -0.2) is 0 Å². The van der Waals surface area contributed by atoms with Crippen LogP contribution in [-0.4, -0.2) is 40.4 Å². The third-order valence-corrected chi connectivity index (χ3v) is 24.3. The van der Waals surface area contributed by atoms with Crippen LogP contribution in [0.3, 0.4) is 0 Å². The minimum Gasteiger partial charge on any atom is -0.358 e. The summed E-state index contributed by atoms with van der Waals surface area (Å²) in [6.07, 6.45) is 2.49. The predicted octanol–water partition coefficient (Wildman–Crippen LogP) is 11.8. The molecule has 6 rings (SSSR count). The molecule has 0 N–H and O–H groups in total. The van der Waals surface area contributed by atoms with Crippen molar-refractivity contribution >= 4 is 93.0 Å². The molecule has 0 radical (unpaired) electrons. The third-order valence-electron chi connectivity index (χ3n) is 11.8. The summed E-state index contributed by atoms with van der Waals surface area (Å²) in [5.74, 6) is 0. The van der Waals surface area contributed by atoms with Gasteiger partial charge in [0.1, 0.15) is 0 Å². The van der Waals surface area contributed by atoms with Crippen LogP contribution in [0.2, 0.25) is 91.2 Å². The average Bonchev–Trinajstić information content (AvgIpc) is 3.71. The van der Waals surface area contributed by atoms with Crippen molar-refractivity contribution in [3.8, 4) is 22.3 Å². The van der Waals surface area contributed by atoms with Crippen molar-refractivity contribution < 1.29 is 25.8 Å². The van der Waals surface area contributed by atoms with Crippen LogP contribution < -0.4 is 31.1 Å². The van der Waals surface area contributed by atoms with E-state index in [1.807, 2.05) is 0 Å². The smallest absolute Gasteiger partial charge is 0.358 e. The summed E-state index contributed by atoms with van der Waals surface area (Å²) >= 11 is 0. The van der Waals surface area contributed by atoms with Crippen molar-refractivity contribution in [1.82, 2.24) is 0 Å². The fraction of sp³-hybridized carbons (Fsp3) is 0.347. The monoisotopic (exact) mass is 978 g/mol. The van der Waals surface area contributed by atoms with Gasteiger partial charge in [-0.05, 0) is 11.1 Å². The van der Waals surface area contributed by atoms with E-state index < -0.39 is 40.4 Å². The van der Waals surface area contributed by atoms with E-state index in [9.17, 15) is 0 Å². The van der Waals surface area contributed by atoms with Crippen LogP contribution in [0, 0.1) is 14.9 Å². The van der Waals surface area contributed by atoms with Crippen LogP contribution in [0.1, 0.15) is 19.8 Å². The minimum atomic E-state index is -2.07. The summed E-state index contributed by atoms with van der Waals surface area (Å²) in [7, 11) is -8.06. The fourth-order valence-corrected chi connectivity index (χ4v) is 16.7. The molecule has 0 heterocycles. The molecular formula is C49H70HfSi5. The van der Waals surface area contributed by atoms with Crippen LogP contribution in [-0.2, 0) is 25.8 Å². The summed E-state index contributed by atoms with van der Waals surface area (Å²) in [4.78, 5) is 0. The Bertz CT molecular complexity index is 2020. The topological polar surface area (TPSA) is 0 Å². The van der Waals surface area contributed by atoms with E-state index in [1.54, 1.807) is 31.1 Å². The number of fused-ring (bicyclic) bond motifs is 2. The summed E-state index contributed by atoms with van der Waals surface area (Å²) in [6, 6.07) is 41.1. The maximum absolute atomic E-state index is 2.66. The number of hydrogen-bond donors (Lipinski definition) is 0. The average molecular weight is 978 g/mol. The summed E-state index contributed by atoms with van der Waals surface area (Å²) in [5.41, 5.74) is 5.65. The molecule has 0 saturated carbocycles. The number of unbranched alkanes of at least 4 members (excludes halogenated alkanes) is 1. The van der Waals surface area contributed by atoms with Gasteiger partial charge in [0.05, 0.1) is 40.4 Å². The summed E-state index contributed by atoms with van der Waals surface area (Å²) in [5, 5.41) is 15.2. The molecule has 0 aliphatic carbocycles. The first-order valence-corrected chi connectivity index (χ1v) is 36.5. The van der Waals surface area contributed by atoms with Crippen molar-refractivity contribution in [2.45, 2.75) is 111 Å². The van der Waals surface area contributed by atoms with E-state index in [0.717, 1.165) is 0 Å². The standard InChI is InChI=1S/C47H64Si5.2CH3.Hf/c1-15-16-23-52(14,42-24-34-19-17-21-44(46(34)32-42)36-26-38(48(2,3)4)30-39(27-36)49(5,6)7)43-25-35-20-18-22-45(47(35)33-43)37-28-40(50(8,9)10)31-41(29-37)51(11,12)13;;;/h17-22,24-33H,15-16,23H2,1-14H3;2*1H3;/q-2;2*-1;+4. The van der Waals surface area contributed by atoms with E-state index in [1.165, 1.54) is 62.7 Å². The van der Waals surface area contributed by atoms with Crippen molar-refractivity contribution in [2.75, 3.05) is 0 Å². The maximum Gasteiger partial charge on any atom is 4.00 e. The number of rotatable bonds is 11. The maximum atomic E-state index is 2.66. The molecule has 0 nitrogen and oxygen atoms in total. The molecule has 0 amide bonds. The van der Waals surface area contributed by atoms with E-state index >= 15 is 0 Å². The zero-order valence-corrected chi connectivity index (χ0v) is 46.0. The van der Waals surface area contributed by atoms with Gasteiger partial charge in [0, 0.05) is 0 Å². The Hall–Kier alpha value is -1.95. The molecule has 6 heteroatoms.